The van der Waals surface area contributed by atoms with E-state index >= 15 is 0 Å². The summed E-state index contributed by atoms with van der Waals surface area (Å²) in [4.78, 5) is 16.6. The van der Waals surface area contributed by atoms with Crippen LogP contribution >= 0.6 is 11.6 Å². The summed E-state index contributed by atoms with van der Waals surface area (Å²) in [6.45, 7) is 2.42. The summed E-state index contributed by atoms with van der Waals surface area (Å²) in [5, 5.41) is 13.3. The summed E-state index contributed by atoms with van der Waals surface area (Å²) in [6, 6.07) is 4.53. The van der Waals surface area contributed by atoms with Gasteiger partial charge in [0.1, 0.15) is 5.75 Å². The first kappa shape index (κ1) is 12.4. The Kier molecular flexibility index (Phi) is 3.16. The first-order valence-corrected chi connectivity index (χ1v) is 6.63. The monoisotopic (exact) mass is 279 g/mol. The van der Waals surface area contributed by atoms with Gasteiger partial charge in [0.2, 0.25) is 5.28 Å². The first-order valence-electron chi connectivity index (χ1n) is 6.25. The van der Waals surface area contributed by atoms with Crippen LogP contribution in [-0.2, 0) is 6.54 Å². The molecule has 0 saturated carbocycles. The number of nitrogens with one attached hydrogen (secondary N) is 1. The second-order valence-electron chi connectivity index (χ2n) is 4.86. The van der Waals surface area contributed by atoms with E-state index in [4.69, 9.17) is 11.6 Å². The zero-order valence-corrected chi connectivity index (χ0v) is 11.0. The third-order valence-corrected chi connectivity index (χ3v) is 3.78. The molecule has 1 aromatic carbocycles. The number of aromatic nitrogens is 2. The van der Waals surface area contributed by atoms with E-state index in [1.54, 1.807) is 6.07 Å². The highest BCUT2D eigenvalue weighted by Crippen LogP contribution is 2.19. The van der Waals surface area contributed by atoms with Crippen molar-refractivity contribution in [2.45, 2.75) is 13.0 Å². The van der Waals surface area contributed by atoms with Crippen LogP contribution < -0.4 is 10.9 Å². The maximum absolute atomic E-state index is 12.4. The van der Waals surface area contributed by atoms with Crippen LogP contribution in [0.3, 0.4) is 0 Å². The zero-order chi connectivity index (χ0) is 13.4. The van der Waals surface area contributed by atoms with Crippen LogP contribution in [0.1, 0.15) is 6.42 Å². The molecule has 0 bridgehead atoms. The van der Waals surface area contributed by atoms with Crippen molar-refractivity contribution < 1.29 is 5.11 Å². The van der Waals surface area contributed by atoms with Gasteiger partial charge >= 0.3 is 0 Å². The summed E-state index contributed by atoms with van der Waals surface area (Å²) in [7, 11) is 0. The van der Waals surface area contributed by atoms with Gasteiger partial charge in [-0.1, -0.05) is 0 Å². The Labute approximate surface area is 114 Å². The van der Waals surface area contributed by atoms with Crippen LogP contribution in [0.25, 0.3) is 10.9 Å². The molecule has 5 nitrogen and oxygen atoms in total. The van der Waals surface area contributed by atoms with Crippen LogP contribution in [-0.4, -0.2) is 27.7 Å². The molecular formula is C13H14ClN3O2. The van der Waals surface area contributed by atoms with Crippen molar-refractivity contribution in [3.8, 4) is 5.75 Å². The van der Waals surface area contributed by atoms with Crippen LogP contribution in [0.4, 0.5) is 0 Å². The van der Waals surface area contributed by atoms with Gasteiger partial charge in [-0.25, -0.2) is 4.98 Å². The van der Waals surface area contributed by atoms with Crippen molar-refractivity contribution in [1.82, 2.24) is 14.9 Å². The lowest BCUT2D eigenvalue weighted by Crippen LogP contribution is -2.26. The molecule has 6 heteroatoms. The van der Waals surface area contributed by atoms with Gasteiger partial charge in [-0.15, -0.1) is 0 Å². The van der Waals surface area contributed by atoms with Crippen molar-refractivity contribution in [2.75, 3.05) is 13.1 Å². The lowest BCUT2D eigenvalue weighted by Gasteiger charge is -2.13. The largest absolute Gasteiger partial charge is 0.508 e. The summed E-state index contributed by atoms with van der Waals surface area (Å²) in [6.07, 6.45) is 1.03. The van der Waals surface area contributed by atoms with E-state index in [1.165, 1.54) is 16.7 Å². The minimum atomic E-state index is -0.196. The summed E-state index contributed by atoms with van der Waals surface area (Å²) in [5.74, 6) is 0.453. The molecule has 1 atom stereocenters. The molecule has 0 radical (unpaired) electrons. The maximum Gasteiger partial charge on any atom is 0.262 e. The maximum atomic E-state index is 12.4. The molecule has 19 heavy (non-hydrogen) atoms. The van der Waals surface area contributed by atoms with E-state index in [0.717, 1.165) is 19.5 Å². The van der Waals surface area contributed by atoms with Gasteiger partial charge in [-0.2, -0.15) is 0 Å². The highest BCUT2D eigenvalue weighted by atomic mass is 35.5. The number of aromatic hydroxyl groups is 1. The van der Waals surface area contributed by atoms with Gasteiger partial charge in [-0.3, -0.25) is 9.36 Å². The number of halogens is 1. The summed E-state index contributed by atoms with van der Waals surface area (Å²) in [5.41, 5.74) is 0.311. The Balaban J connectivity index is 2.10. The zero-order valence-electron chi connectivity index (χ0n) is 10.3. The lowest BCUT2D eigenvalue weighted by atomic mass is 10.1. The van der Waals surface area contributed by atoms with Crippen LogP contribution in [0.15, 0.2) is 23.0 Å². The Morgan fingerprint density at radius 2 is 2.37 bits per heavy atom. The van der Waals surface area contributed by atoms with Gasteiger partial charge in [0, 0.05) is 6.54 Å². The van der Waals surface area contributed by atoms with Crippen molar-refractivity contribution in [3.63, 3.8) is 0 Å². The molecule has 1 aliphatic heterocycles. The van der Waals surface area contributed by atoms with Gasteiger partial charge in [0.15, 0.2) is 0 Å². The predicted octanol–water partition coefficient (Wildman–Crippen LogP) is 1.36. The van der Waals surface area contributed by atoms with E-state index in [1.807, 2.05) is 0 Å². The van der Waals surface area contributed by atoms with E-state index < -0.39 is 0 Å². The fourth-order valence-corrected chi connectivity index (χ4v) is 2.71. The molecule has 1 fully saturated rings. The van der Waals surface area contributed by atoms with E-state index in [-0.39, 0.29) is 16.6 Å². The van der Waals surface area contributed by atoms with Crippen LogP contribution in [0.5, 0.6) is 5.75 Å². The average Bonchev–Trinajstić information content (AvgIpc) is 2.89. The molecule has 2 aromatic rings. The van der Waals surface area contributed by atoms with Crippen LogP contribution in [0.2, 0.25) is 5.28 Å². The van der Waals surface area contributed by atoms with Gasteiger partial charge in [0.05, 0.1) is 10.9 Å². The third kappa shape index (κ3) is 2.31. The molecule has 1 saturated heterocycles. The van der Waals surface area contributed by atoms with Gasteiger partial charge in [-0.05, 0) is 55.2 Å². The number of phenols is 1. The van der Waals surface area contributed by atoms with Crippen LogP contribution in [0, 0.1) is 5.92 Å². The molecule has 3 rings (SSSR count). The highest BCUT2D eigenvalue weighted by Gasteiger charge is 2.18. The van der Waals surface area contributed by atoms with E-state index in [9.17, 15) is 9.90 Å². The van der Waals surface area contributed by atoms with E-state index in [0.29, 0.717) is 23.4 Å². The van der Waals surface area contributed by atoms with Crippen molar-refractivity contribution in [2.24, 2.45) is 5.92 Å². The standard InChI is InChI=1S/C13H14ClN3O2/c14-13-16-11-2-1-9(18)5-10(11)12(19)17(13)7-8-3-4-15-6-8/h1-2,5,8,15,18H,3-4,6-7H2. The summed E-state index contributed by atoms with van der Waals surface area (Å²) >= 11 is 6.10. The third-order valence-electron chi connectivity index (χ3n) is 3.49. The molecule has 0 amide bonds. The Morgan fingerprint density at radius 3 is 3.11 bits per heavy atom. The SMILES string of the molecule is O=c1c2cc(O)ccc2nc(Cl)n1CC1CCNC1. The van der Waals surface area contributed by atoms with Gasteiger partial charge in [0.25, 0.3) is 5.56 Å². The first-order chi connectivity index (χ1) is 9.15. The second kappa shape index (κ2) is 4.83. The number of benzene rings is 1. The molecule has 1 unspecified atom stereocenters. The number of nitrogens with zero attached hydrogens (tertiary/aromatic N) is 2. The Bertz CT molecular complexity index is 677. The Morgan fingerprint density at radius 1 is 1.53 bits per heavy atom. The van der Waals surface area contributed by atoms with Gasteiger partial charge < -0.3 is 10.4 Å². The number of fused-ring (bicyclic) bond motifs is 1. The second-order valence-corrected chi connectivity index (χ2v) is 5.19. The molecule has 2 N–H and O–H groups in total. The average molecular weight is 280 g/mol. The van der Waals surface area contributed by atoms with Crippen molar-refractivity contribution >= 4 is 22.5 Å². The Hall–Kier alpha value is -1.59. The molecule has 100 valence electrons. The van der Waals surface area contributed by atoms with Crippen molar-refractivity contribution in [1.29, 1.82) is 0 Å². The minimum absolute atomic E-state index is 0.0582. The lowest BCUT2D eigenvalue weighted by molar-refractivity contribution is 0.469. The smallest absolute Gasteiger partial charge is 0.262 e. The minimum Gasteiger partial charge on any atom is -0.508 e. The fraction of sp³-hybridized carbons (Fsp3) is 0.385. The predicted molar refractivity (Wildman–Crippen MR) is 73.7 cm³/mol. The fourth-order valence-electron chi connectivity index (χ4n) is 2.47. The molecule has 2 heterocycles. The quantitative estimate of drug-likeness (QED) is 0.815. The number of rotatable bonds is 2. The number of hydrogen-bond donors (Lipinski definition) is 2. The van der Waals surface area contributed by atoms with Crippen molar-refractivity contribution in [3.05, 3.63) is 33.8 Å². The molecule has 0 aliphatic carbocycles. The topological polar surface area (TPSA) is 67.1 Å². The molecule has 0 spiro atoms. The normalized spacial score (nSPS) is 19.1. The highest BCUT2D eigenvalue weighted by molar-refractivity contribution is 6.28. The summed E-state index contributed by atoms with van der Waals surface area (Å²) < 4.78 is 1.49. The van der Waals surface area contributed by atoms with E-state index in [2.05, 4.69) is 10.3 Å². The number of hydrogen-bond acceptors (Lipinski definition) is 4. The molecule has 1 aliphatic rings. The number of phenolic OH excluding ortho intramolecular Hbond substituents is 1. The molecular weight excluding hydrogens is 266 g/mol. The molecule has 1 aromatic heterocycles.